The Hall–Kier alpha value is -2.25. The molecule has 6 nitrogen and oxygen atoms in total. The van der Waals surface area contributed by atoms with Gasteiger partial charge in [-0.15, -0.1) is 0 Å². The van der Waals surface area contributed by atoms with E-state index in [4.69, 9.17) is 4.74 Å². The van der Waals surface area contributed by atoms with Crippen LogP contribution in [0.3, 0.4) is 0 Å². The zero-order chi connectivity index (χ0) is 19.5. The van der Waals surface area contributed by atoms with Gasteiger partial charge in [-0.3, -0.25) is 9.52 Å². The highest BCUT2D eigenvalue weighted by Crippen LogP contribution is 2.34. The van der Waals surface area contributed by atoms with Gasteiger partial charge in [0, 0.05) is 6.61 Å². The van der Waals surface area contributed by atoms with E-state index >= 15 is 0 Å². The molecule has 0 aromatic heterocycles. The number of carbonyl (C=O) groups is 1. The van der Waals surface area contributed by atoms with Crippen LogP contribution in [0.4, 0.5) is 0 Å². The Kier molecular flexibility index (Phi) is 5.83. The van der Waals surface area contributed by atoms with Crippen molar-refractivity contribution in [3.63, 3.8) is 0 Å². The molecule has 1 aliphatic carbocycles. The molecule has 0 spiro atoms. The van der Waals surface area contributed by atoms with Crippen LogP contribution in [0.1, 0.15) is 33.3 Å². The Bertz CT molecular complexity index is 872. The quantitative estimate of drug-likeness (QED) is 0.632. The molecule has 7 heteroatoms. The Balaban J connectivity index is 2.39. The first-order valence-corrected chi connectivity index (χ1v) is 9.80. The van der Waals surface area contributed by atoms with Crippen molar-refractivity contribution in [3.05, 3.63) is 53.1 Å². The third-order valence-electron chi connectivity index (χ3n) is 4.08. The van der Waals surface area contributed by atoms with Crippen LogP contribution in [0.2, 0.25) is 0 Å². The number of hydrogen-bond acceptors (Lipinski definition) is 5. The number of ketones is 1. The lowest BCUT2D eigenvalue weighted by molar-refractivity contribution is -0.111. The zero-order valence-electron chi connectivity index (χ0n) is 15.7. The summed E-state index contributed by atoms with van der Waals surface area (Å²) in [5, 5.41) is 0. The summed E-state index contributed by atoms with van der Waals surface area (Å²) < 4.78 is 33.4. The van der Waals surface area contributed by atoms with Crippen molar-refractivity contribution in [3.8, 4) is 0 Å². The molecule has 0 saturated carbocycles. The molecule has 0 radical (unpaired) electrons. The van der Waals surface area contributed by atoms with Crippen molar-refractivity contribution in [1.29, 1.82) is 0 Å². The minimum Gasteiger partial charge on any atom is -0.347 e. The number of hydrogen-bond donors (Lipinski definition) is 1. The lowest BCUT2D eigenvalue weighted by Crippen LogP contribution is -2.40. The number of ether oxygens (including phenoxy) is 1. The van der Waals surface area contributed by atoms with Crippen molar-refractivity contribution >= 4 is 21.6 Å². The molecule has 0 atom stereocenters. The molecule has 0 fully saturated rings. The maximum absolute atomic E-state index is 12.6. The van der Waals surface area contributed by atoms with Gasteiger partial charge in [-0.05, 0) is 70.0 Å². The lowest BCUT2D eigenvalue weighted by atomic mass is 9.90. The monoisotopic (exact) mass is 376 g/mol. The summed E-state index contributed by atoms with van der Waals surface area (Å²) in [6.07, 6.45) is 2.90. The number of rotatable bonds is 5. The number of benzene rings is 1. The van der Waals surface area contributed by atoms with Crippen molar-refractivity contribution in [1.82, 2.24) is 4.72 Å². The van der Waals surface area contributed by atoms with E-state index in [0.717, 1.165) is 5.56 Å². The summed E-state index contributed by atoms with van der Waals surface area (Å²) in [7, 11) is -3.76. The van der Waals surface area contributed by atoms with E-state index < -0.39 is 15.7 Å². The van der Waals surface area contributed by atoms with Crippen molar-refractivity contribution < 1.29 is 17.9 Å². The predicted octanol–water partition coefficient (Wildman–Crippen LogP) is 2.90. The number of carbonyl (C=O) groups excluding carboxylic acids is 1. The average molecular weight is 376 g/mol. The Morgan fingerprint density at radius 1 is 1.12 bits per heavy atom. The molecule has 0 saturated heterocycles. The van der Waals surface area contributed by atoms with E-state index in [1.807, 2.05) is 13.8 Å². The number of aliphatic imine (C=N–C) groups is 1. The normalized spacial score (nSPS) is 17.6. The molecule has 26 heavy (non-hydrogen) atoms. The molecule has 0 unspecified atom stereocenters. The van der Waals surface area contributed by atoms with Gasteiger partial charge in [-0.25, -0.2) is 13.4 Å². The third kappa shape index (κ3) is 4.11. The summed E-state index contributed by atoms with van der Waals surface area (Å²) in [4.78, 5) is 16.4. The van der Waals surface area contributed by atoms with Gasteiger partial charge in [0.15, 0.2) is 5.78 Å². The fourth-order valence-corrected chi connectivity index (χ4v) is 3.90. The van der Waals surface area contributed by atoms with Crippen molar-refractivity contribution in [2.45, 2.75) is 45.2 Å². The zero-order valence-corrected chi connectivity index (χ0v) is 16.5. The predicted molar refractivity (Wildman–Crippen MR) is 101 cm³/mol. The Labute approximate surface area is 154 Å². The van der Waals surface area contributed by atoms with Crippen LogP contribution >= 0.6 is 0 Å². The molecule has 1 aliphatic rings. The molecular weight excluding hydrogens is 352 g/mol. The highest BCUT2D eigenvalue weighted by Gasteiger charge is 2.38. The number of allylic oxidation sites excluding steroid dienone is 2. The van der Waals surface area contributed by atoms with Gasteiger partial charge in [0.05, 0.1) is 4.90 Å². The van der Waals surface area contributed by atoms with E-state index in [0.29, 0.717) is 17.8 Å². The summed E-state index contributed by atoms with van der Waals surface area (Å²) in [6.45, 7) is 9.11. The van der Waals surface area contributed by atoms with Crippen LogP contribution in [-0.2, 0) is 19.6 Å². The Morgan fingerprint density at radius 2 is 1.65 bits per heavy atom. The second kappa shape index (κ2) is 7.55. The van der Waals surface area contributed by atoms with Gasteiger partial charge < -0.3 is 4.74 Å². The van der Waals surface area contributed by atoms with Crippen molar-refractivity contribution in [2.24, 2.45) is 4.99 Å². The minimum atomic E-state index is -3.76. The van der Waals surface area contributed by atoms with Crippen LogP contribution in [0.15, 0.2) is 57.5 Å². The molecule has 1 aromatic rings. The molecule has 0 aliphatic heterocycles. The van der Waals surface area contributed by atoms with E-state index in [2.05, 4.69) is 9.71 Å². The van der Waals surface area contributed by atoms with E-state index in [1.54, 1.807) is 45.0 Å². The highest BCUT2D eigenvalue weighted by atomic mass is 32.2. The largest absolute Gasteiger partial charge is 0.347 e. The van der Waals surface area contributed by atoms with E-state index in [-0.39, 0.29) is 16.5 Å². The fraction of sp³-hybridized carbons (Fsp3) is 0.368. The van der Waals surface area contributed by atoms with E-state index in [9.17, 15) is 13.2 Å². The summed E-state index contributed by atoms with van der Waals surface area (Å²) in [5.74, 6) is 0.0392. The van der Waals surface area contributed by atoms with Crippen LogP contribution in [0.25, 0.3) is 0 Å². The number of aryl methyl sites for hydroxylation is 1. The number of amidine groups is 1. The number of sulfonamides is 1. The first-order chi connectivity index (χ1) is 12.1. The molecular formula is C19H24N2O4S. The first-order valence-electron chi connectivity index (χ1n) is 8.32. The standard InChI is InChI=1S/C19H24N2O4S/c1-6-25-19(14(3)11-17(22)12-15(19)4)20-16(5)21-26(23,24)18-9-7-13(2)8-10-18/h7-12H,6H2,1-5H3,(H,20,21). The highest BCUT2D eigenvalue weighted by molar-refractivity contribution is 7.90. The van der Waals surface area contributed by atoms with Gasteiger partial charge in [0.2, 0.25) is 5.72 Å². The molecule has 0 heterocycles. The van der Waals surface area contributed by atoms with Gasteiger partial charge in [0.25, 0.3) is 10.0 Å². The van der Waals surface area contributed by atoms with E-state index in [1.165, 1.54) is 12.2 Å². The lowest BCUT2D eigenvalue weighted by Gasteiger charge is -2.34. The topological polar surface area (TPSA) is 84.8 Å². The smallest absolute Gasteiger partial charge is 0.262 e. The summed E-state index contributed by atoms with van der Waals surface area (Å²) >= 11 is 0. The minimum absolute atomic E-state index is 0.136. The molecule has 0 bridgehead atoms. The van der Waals surface area contributed by atoms with Crippen LogP contribution in [-0.4, -0.2) is 32.4 Å². The van der Waals surface area contributed by atoms with Gasteiger partial charge in [0.1, 0.15) is 5.84 Å². The molecule has 2 rings (SSSR count). The average Bonchev–Trinajstić information content (AvgIpc) is 2.52. The molecule has 1 aromatic carbocycles. The van der Waals surface area contributed by atoms with Crippen molar-refractivity contribution in [2.75, 3.05) is 6.61 Å². The summed E-state index contributed by atoms with van der Waals surface area (Å²) in [5.41, 5.74) is 1.01. The third-order valence-corrected chi connectivity index (χ3v) is 5.54. The molecule has 0 amide bonds. The number of nitrogens with zero attached hydrogens (tertiary/aromatic N) is 1. The first kappa shape index (κ1) is 20.1. The van der Waals surface area contributed by atoms with Gasteiger partial charge in [-0.2, -0.15) is 0 Å². The maximum atomic E-state index is 12.6. The van der Waals surface area contributed by atoms with Crippen LogP contribution in [0, 0.1) is 6.92 Å². The molecule has 140 valence electrons. The van der Waals surface area contributed by atoms with Crippen LogP contribution in [0.5, 0.6) is 0 Å². The number of nitrogens with one attached hydrogen (secondary N) is 1. The van der Waals surface area contributed by atoms with Gasteiger partial charge in [-0.1, -0.05) is 17.7 Å². The second-order valence-corrected chi connectivity index (χ2v) is 7.93. The SMILES string of the molecule is CCOC1(N=C(C)NS(=O)(=O)c2ccc(C)cc2)C(C)=CC(=O)C=C1C. The maximum Gasteiger partial charge on any atom is 0.262 e. The Morgan fingerprint density at radius 3 is 2.15 bits per heavy atom. The fourth-order valence-electron chi connectivity index (χ4n) is 2.85. The second-order valence-electron chi connectivity index (χ2n) is 6.25. The van der Waals surface area contributed by atoms with Gasteiger partial charge >= 0.3 is 0 Å². The molecule has 1 N–H and O–H groups in total. The summed E-state index contributed by atoms with van der Waals surface area (Å²) in [6, 6.07) is 6.54. The van der Waals surface area contributed by atoms with Crippen LogP contribution < -0.4 is 4.72 Å².